The van der Waals surface area contributed by atoms with Crippen LogP contribution in [0.1, 0.15) is 105 Å². The molecule has 21 heteroatoms. The minimum atomic E-state index is -5.08. The highest BCUT2D eigenvalue weighted by Crippen LogP contribution is 2.68. The van der Waals surface area contributed by atoms with Gasteiger partial charge < -0.3 is 10.1 Å². The molecule has 3 heterocycles. The van der Waals surface area contributed by atoms with E-state index < -0.39 is 94.8 Å². The predicted octanol–water partition coefficient (Wildman–Crippen LogP) is 10.1. The van der Waals surface area contributed by atoms with Crippen LogP contribution in [0.2, 0.25) is 23.2 Å². The number of hydrogen-bond donors (Lipinski definition) is 3. The molecule has 0 saturated heterocycles. The lowest BCUT2D eigenvalue weighted by Crippen LogP contribution is -2.39. The minimum absolute atomic E-state index is 0.0299. The maximum atomic E-state index is 15.6. The number of pyridine rings is 1. The van der Waals surface area contributed by atoms with Crippen molar-refractivity contribution in [1.29, 1.82) is 0 Å². The average molecular weight is 993 g/mol. The van der Waals surface area contributed by atoms with Crippen molar-refractivity contribution in [2.24, 2.45) is 18.4 Å². The molecule has 5 aromatic rings. The Balaban J connectivity index is 1.28. The second-order valence-corrected chi connectivity index (χ2v) is 26.0. The summed E-state index contributed by atoms with van der Waals surface area (Å²) in [5, 5.41) is 10.6. The van der Waals surface area contributed by atoms with Gasteiger partial charge in [-0.25, -0.2) is 22.2 Å². The predicted molar refractivity (Wildman–Crippen MR) is 241 cm³/mol. The van der Waals surface area contributed by atoms with Crippen molar-refractivity contribution in [3.8, 4) is 23.0 Å². The number of hydrogen-bond acceptors (Lipinski definition) is 7. The molecular formula is C46H49ClF7N7O4SSi. The summed E-state index contributed by atoms with van der Waals surface area (Å²) in [6, 6.07) is 7.71. The Morgan fingerprint density at radius 1 is 1.04 bits per heavy atom. The van der Waals surface area contributed by atoms with Gasteiger partial charge in [-0.1, -0.05) is 50.3 Å². The molecule has 0 radical (unpaired) electrons. The molecule has 2 saturated carbocycles. The summed E-state index contributed by atoms with van der Waals surface area (Å²) >= 11 is 6.68. The van der Waals surface area contributed by atoms with Gasteiger partial charge in [0, 0.05) is 41.1 Å². The van der Waals surface area contributed by atoms with Crippen molar-refractivity contribution in [2.75, 3.05) is 11.0 Å². The highest BCUT2D eigenvalue weighted by molar-refractivity contribution is 7.92. The number of nitrogens with one attached hydrogen (secondary N) is 2. The van der Waals surface area contributed by atoms with Crippen molar-refractivity contribution in [3.63, 3.8) is 0 Å². The summed E-state index contributed by atoms with van der Waals surface area (Å²) in [6.07, 6.45) is 0.252. The molecule has 0 bridgehead atoms. The van der Waals surface area contributed by atoms with Crippen LogP contribution in [-0.2, 0) is 46.9 Å². The van der Waals surface area contributed by atoms with Crippen molar-refractivity contribution < 1.29 is 48.7 Å². The second-order valence-electron chi connectivity index (χ2n) is 19.4. The number of carbonyl (C=O) groups excluding carboxylic acids is 1. The van der Waals surface area contributed by atoms with Crippen molar-refractivity contribution in [1.82, 2.24) is 29.9 Å². The van der Waals surface area contributed by atoms with E-state index in [1.54, 1.807) is 18.2 Å². The van der Waals surface area contributed by atoms with Crippen LogP contribution in [0.25, 0.3) is 22.0 Å². The number of fused-ring (bicyclic) bond motifs is 4. The summed E-state index contributed by atoms with van der Waals surface area (Å²) in [6.45, 7) is 6.85. The van der Waals surface area contributed by atoms with Crippen LogP contribution in [0.5, 0.6) is 0 Å². The van der Waals surface area contributed by atoms with Gasteiger partial charge in [-0.3, -0.25) is 18.9 Å². The maximum absolute atomic E-state index is 15.6. The van der Waals surface area contributed by atoms with Crippen LogP contribution in [0, 0.1) is 34.8 Å². The number of aryl methyl sites for hydroxylation is 1. The number of halogens is 8. The SMILES string of the molecule is Cn1nc(NS(C)(=O)=O)c2c(Cl)ccc(-c3ccc(C#CC4(CCC(C)(C)[Si](C)(C)O)CCCC4)nc3[C@H](Cc3cc(F)cc(F)c3)NC(=O)Cn3nc(C(F)(F)F)c4c3C(F)(F)[C@@H]3C[C@H]43)c21. The summed E-state index contributed by atoms with van der Waals surface area (Å²) in [4.78, 5) is 30.2. The van der Waals surface area contributed by atoms with Gasteiger partial charge in [0.25, 0.3) is 5.92 Å². The molecule has 3 atom stereocenters. The Hall–Kier alpha value is -4.97. The molecule has 11 nitrogen and oxygen atoms in total. The zero-order chi connectivity index (χ0) is 48.8. The number of alkyl halides is 5. The lowest BCUT2D eigenvalue weighted by atomic mass is 9.80. The van der Waals surface area contributed by atoms with E-state index in [1.807, 2.05) is 13.1 Å². The van der Waals surface area contributed by atoms with E-state index in [1.165, 1.54) is 17.8 Å². The van der Waals surface area contributed by atoms with E-state index in [0.29, 0.717) is 28.2 Å². The molecule has 8 rings (SSSR count). The van der Waals surface area contributed by atoms with Crippen LogP contribution in [0.4, 0.5) is 36.6 Å². The minimum Gasteiger partial charge on any atom is -0.432 e. The molecule has 1 amide bonds. The fourth-order valence-corrected chi connectivity index (χ4v) is 11.0. The third-order valence-corrected chi connectivity index (χ3v) is 18.3. The van der Waals surface area contributed by atoms with Gasteiger partial charge in [-0.05, 0) is 104 Å². The van der Waals surface area contributed by atoms with Gasteiger partial charge in [0.15, 0.2) is 19.8 Å². The van der Waals surface area contributed by atoms with Gasteiger partial charge in [0.05, 0.1) is 33.9 Å². The van der Waals surface area contributed by atoms with Gasteiger partial charge in [-0.15, -0.1) is 0 Å². The summed E-state index contributed by atoms with van der Waals surface area (Å²) in [7, 11) is -4.88. The number of benzene rings is 2. The molecule has 67 heavy (non-hydrogen) atoms. The highest BCUT2D eigenvalue weighted by atomic mass is 35.5. The fraction of sp³-hybridized carbons (Fsp3) is 0.478. The number of amides is 1. The van der Waals surface area contributed by atoms with Crippen molar-refractivity contribution >= 4 is 52.6 Å². The van der Waals surface area contributed by atoms with Gasteiger partial charge >= 0.3 is 6.18 Å². The van der Waals surface area contributed by atoms with Crippen LogP contribution >= 0.6 is 11.6 Å². The van der Waals surface area contributed by atoms with E-state index in [2.05, 4.69) is 45.9 Å². The quantitative estimate of drug-likeness (QED) is 0.0605. The lowest BCUT2D eigenvalue weighted by Gasteiger charge is -2.37. The van der Waals surface area contributed by atoms with Crippen LogP contribution in [0.3, 0.4) is 0 Å². The first-order valence-electron chi connectivity index (χ1n) is 21.8. The number of aromatic nitrogens is 5. The zero-order valence-corrected chi connectivity index (χ0v) is 40.0. The van der Waals surface area contributed by atoms with E-state index >= 15 is 8.78 Å². The van der Waals surface area contributed by atoms with Crippen molar-refractivity contribution in [2.45, 2.75) is 114 Å². The van der Waals surface area contributed by atoms with E-state index in [4.69, 9.17) is 16.6 Å². The molecule has 358 valence electrons. The molecule has 3 N–H and O–H groups in total. The number of nitrogens with zero attached hydrogens (tertiary/aromatic N) is 5. The van der Waals surface area contributed by atoms with Gasteiger partial charge in [-0.2, -0.15) is 32.1 Å². The summed E-state index contributed by atoms with van der Waals surface area (Å²) in [5.74, 6) is -2.42. The monoisotopic (exact) mass is 991 g/mol. The van der Waals surface area contributed by atoms with Crippen LogP contribution < -0.4 is 10.0 Å². The summed E-state index contributed by atoms with van der Waals surface area (Å²) < 4.78 is 132. The normalized spacial score (nSPS) is 19.1. The number of anilines is 1. The Bertz CT molecular complexity index is 2970. The molecule has 3 aliphatic rings. The Kier molecular flexibility index (Phi) is 12.2. The fourth-order valence-electron chi connectivity index (χ4n) is 9.57. The Labute approximate surface area is 389 Å². The van der Waals surface area contributed by atoms with E-state index in [0.717, 1.165) is 50.5 Å². The molecule has 0 unspecified atom stereocenters. The maximum Gasteiger partial charge on any atom is 0.435 e. The third kappa shape index (κ3) is 9.57. The standard InChI is InChI=1S/C46H49ClF7N7O4SSi/c1-43(2,67(5,6)65)17-18-44(14-7-8-15-44)16-13-28-9-10-29(30-11-12-33(47)37-39(30)60(3)58-42(37)59-66(4,63)64)38(55-28)34(21-25-19-26(48)22-27(49)20-25)56-35(62)24-61-41-36(40(57-61)46(52,53)54)31-23-32(31)45(41,50)51/h9-12,19-20,22,31-32,34,65H,7-8,14-15,17-18,21,23-24H2,1-6H3,(H,56,62)(H,58,59)/t31-,32+,34-/m0/s1. The number of carbonyl (C=O) groups is 1. The third-order valence-electron chi connectivity index (χ3n) is 13.9. The highest BCUT2D eigenvalue weighted by Gasteiger charge is 2.68. The van der Waals surface area contributed by atoms with Gasteiger partial charge in [0.2, 0.25) is 15.9 Å². The smallest absolute Gasteiger partial charge is 0.432 e. The molecule has 0 spiro atoms. The van der Waals surface area contributed by atoms with Gasteiger partial charge in [0.1, 0.15) is 29.6 Å². The zero-order valence-electron chi connectivity index (χ0n) is 37.5. The molecule has 3 aliphatic carbocycles. The first-order chi connectivity index (χ1) is 31.1. The average Bonchev–Trinajstić information content (AvgIpc) is 3.42. The first kappa shape index (κ1) is 48.5. The lowest BCUT2D eigenvalue weighted by molar-refractivity contribution is -0.142. The molecular weight excluding hydrogens is 943 g/mol. The molecule has 2 aromatic carbocycles. The number of rotatable bonds is 13. The second kappa shape index (κ2) is 16.9. The molecule has 2 fully saturated rings. The van der Waals surface area contributed by atoms with Crippen molar-refractivity contribution in [3.05, 3.63) is 93.0 Å². The molecule has 3 aromatic heterocycles. The molecule has 0 aliphatic heterocycles. The van der Waals surface area contributed by atoms with Crippen LogP contribution in [0.15, 0.2) is 42.5 Å². The number of sulfonamides is 1. The summed E-state index contributed by atoms with van der Waals surface area (Å²) in [5.41, 5.74) is -2.27. The first-order valence-corrected chi connectivity index (χ1v) is 27.0. The van der Waals surface area contributed by atoms with Crippen LogP contribution in [-0.4, -0.2) is 58.2 Å². The largest absolute Gasteiger partial charge is 0.435 e. The van der Waals surface area contributed by atoms with E-state index in [-0.39, 0.29) is 56.6 Å². The topological polar surface area (TPSA) is 144 Å². The van der Waals surface area contributed by atoms with E-state index in [9.17, 15) is 40.0 Å². The Morgan fingerprint density at radius 3 is 2.33 bits per heavy atom. The Morgan fingerprint density at radius 2 is 1.70 bits per heavy atom.